The number of likely N-dealkylation sites (N-methyl/N-ethyl adjacent to an activating group) is 1. The average molecular weight is 567 g/mol. The van der Waals surface area contributed by atoms with Gasteiger partial charge < -0.3 is 20.1 Å². The van der Waals surface area contributed by atoms with Gasteiger partial charge in [0.1, 0.15) is 11.5 Å². The van der Waals surface area contributed by atoms with Gasteiger partial charge in [0, 0.05) is 30.4 Å². The number of pyridine rings is 2. The fourth-order valence-electron chi connectivity index (χ4n) is 3.51. The van der Waals surface area contributed by atoms with Crippen LogP contribution < -0.4 is 10.1 Å². The van der Waals surface area contributed by atoms with Gasteiger partial charge in [0.25, 0.3) is 0 Å². The first kappa shape index (κ1) is 28.4. The lowest BCUT2D eigenvalue weighted by Crippen LogP contribution is -2.19. The summed E-state index contributed by atoms with van der Waals surface area (Å²) in [5.74, 6) is -1.05. The zero-order valence-electron chi connectivity index (χ0n) is 20.2. The zero-order chi connectivity index (χ0) is 26.0. The monoisotopic (exact) mass is 566 g/mol. The van der Waals surface area contributed by atoms with E-state index in [1.807, 2.05) is 19.0 Å². The van der Waals surface area contributed by atoms with Gasteiger partial charge in [-0.3, -0.25) is 4.98 Å². The highest BCUT2D eigenvalue weighted by atomic mass is 35.5. The fourth-order valence-corrected chi connectivity index (χ4v) is 4.50. The number of rotatable bonds is 8. The quantitative estimate of drug-likeness (QED) is 0.296. The van der Waals surface area contributed by atoms with Crippen LogP contribution in [0.25, 0.3) is 22.0 Å². The molecule has 0 spiro atoms. The first-order valence-corrected chi connectivity index (χ1v) is 13.1. The van der Waals surface area contributed by atoms with E-state index in [4.69, 9.17) is 16.3 Å². The number of phenols is 1. The molecule has 2 heterocycles. The largest absolute Gasteiger partial charge is 0.504 e. The minimum absolute atomic E-state index is 0. The molecule has 2 N–H and O–H groups in total. The number of sulfone groups is 1. The van der Waals surface area contributed by atoms with Crippen molar-refractivity contribution in [2.45, 2.75) is 4.90 Å². The second-order valence-corrected chi connectivity index (χ2v) is 10.8. The molecule has 8 nitrogen and oxygen atoms in total. The summed E-state index contributed by atoms with van der Waals surface area (Å²) in [5, 5.41) is 13.2. The van der Waals surface area contributed by atoms with Crippen molar-refractivity contribution in [1.82, 2.24) is 14.9 Å². The Bertz CT molecular complexity index is 1510. The highest BCUT2D eigenvalue weighted by molar-refractivity contribution is 7.90. The van der Waals surface area contributed by atoms with Crippen LogP contribution in [-0.2, 0) is 9.84 Å². The number of anilines is 2. The van der Waals surface area contributed by atoms with E-state index >= 15 is 0 Å². The van der Waals surface area contributed by atoms with Crippen molar-refractivity contribution in [3.63, 3.8) is 0 Å². The van der Waals surface area contributed by atoms with Crippen molar-refractivity contribution >= 4 is 56.1 Å². The van der Waals surface area contributed by atoms with E-state index in [-0.39, 0.29) is 22.3 Å². The molecule has 0 fully saturated rings. The molecule has 0 atom stereocenters. The Labute approximate surface area is 225 Å². The van der Waals surface area contributed by atoms with Crippen molar-refractivity contribution in [2.75, 3.05) is 38.8 Å². The number of nitrogens with zero attached hydrogens (tertiary/aromatic N) is 3. The molecule has 4 aromatic rings. The average Bonchev–Trinajstić information content (AvgIpc) is 2.82. The Balaban J connectivity index is 0.00000380. The third kappa shape index (κ3) is 6.58. The molecule has 0 saturated heterocycles. The second-order valence-electron chi connectivity index (χ2n) is 8.45. The van der Waals surface area contributed by atoms with E-state index in [1.54, 1.807) is 36.5 Å². The van der Waals surface area contributed by atoms with Gasteiger partial charge >= 0.3 is 0 Å². The van der Waals surface area contributed by atoms with E-state index in [9.17, 15) is 17.9 Å². The van der Waals surface area contributed by atoms with Gasteiger partial charge in [-0.15, -0.1) is 12.4 Å². The molecule has 0 saturated carbocycles. The van der Waals surface area contributed by atoms with Crippen LogP contribution in [0.3, 0.4) is 0 Å². The lowest BCUT2D eigenvalue weighted by Gasteiger charge is -2.15. The Morgan fingerprint density at radius 3 is 2.46 bits per heavy atom. The molecular formula is C25H25Cl2FN4O4S. The normalized spacial score (nSPS) is 11.4. The molecular weight excluding hydrogens is 542 g/mol. The van der Waals surface area contributed by atoms with Gasteiger partial charge in [0.15, 0.2) is 21.4 Å². The lowest BCUT2D eigenvalue weighted by molar-refractivity contribution is 0.254. The molecule has 0 aliphatic carbocycles. The number of fused-ring (bicyclic) bond motifs is 1. The maximum Gasteiger partial charge on any atom is 0.213 e. The molecule has 196 valence electrons. The molecule has 2 aromatic carbocycles. The molecule has 0 aliphatic rings. The minimum Gasteiger partial charge on any atom is -0.504 e. The van der Waals surface area contributed by atoms with Crippen LogP contribution in [0.1, 0.15) is 0 Å². The summed E-state index contributed by atoms with van der Waals surface area (Å²) in [6, 6.07) is 11.1. The van der Waals surface area contributed by atoms with Gasteiger partial charge in [-0.2, -0.15) is 0 Å². The zero-order valence-corrected chi connectivity index (χ0v) is 22.6. The SMILES string of the molecule is CN(C)CCOc1ccc(Nc2c(S(C)(=O)=O)cnc3ccc(-c4cc(F)c(O)c(Cl)c4)cc23)cn1.Cl. The molecule has 0 bridgehead atoms. The summed E-state index contributed by atoms with van der Waals surface area (Å²) < 4.78 is 44.9. The number of benzene rings is 2. The molecule has 4 rings (SSSR count). The lowest BCUT2D eigenvalue weighted by atomic mass is 10.0. The smallest absolute Gasteiger partial charge is 0.213 e. The first-order chi connectivity index (χ1) is 17.0. The van der Waals surface area contributed by atoms with E-state index in [1.165, 1.54) is 12.3 Å². The third-order valence-electron chi connectivity index (χ3n) is 5.38. The number of aromatic nitrogens is 2. The highest BCUT2D eigenvalue weighted by Gasteiger charge is 2.19. The number of halogens is 3. The van der Waals surface area contributed by atoms with Gasteiger partial charge in [-0.05, 0) is 55.6 Å². The molecule has 0 aliphatic heterocycles. The summed E-state index contributed by atoms with van der Waals surface area (Å²) in [6.45, 7) is 1.21. The standard InChI is InChI=1S/C25H24ClFN4O4S.ClH/c1-31(2)8-9-35-23-7-5-17(13-29-23)30-24-18-10-15(16-11-19(26)25(32)20(27)12-16)4-6-21(18)28-14-22(24)36(3,33)34;/h4-7,10-14,32H,8-9H2,1-3H3,(H,28,30);1H. The Morgan fingerprint density at radius 2 is 1.84 bits per heavy atom. The van der Waals surface area contributed by atoms with Crippen LogP contribution >= 0.6 is 24.0 Å². The fraction of sp³-hybridized carbons (Fsp3) is 0.200. The Morgan fingerprint density at radius 1 is 1.08 bits per heavy atom. The topological polar surface area (TPSA) is 105 Å². The highest BCUT2D eigenvalue weighted by Crippen LogP contribution is 2.37. The van der Waals surface area contributed by atoms with E-state index in [0.717, 1.165) is 18.9 Å². The molecule has 2 aromatic heterocycles. The van der Waals surface area contributed by atoms with Crippen molar-refractivity contribution in [2.24, 2.45) is 0 Å². The van der Waals surface area contributed by atoms with Crippen molar-refractivity contribution in [3.05, 3.63) is 65.7 Å². The van der Waals surface area contributed by atoms with E-state index < -0.39 is 21.4 Å². The first-order valence-electron chi connectivity index (χ1n) is 10.8. The summed E-state index contributed by atoms with van der Waals surface area (Å²) in [4.78, 5) is 10.6. The summed E-state index contributed by atoms with van der Waals surface area (Å²) in [7, 11) is 0.231. The molecule has 0 unspecified atom stereocenters. The van der Waals surface area contributed by atoms with Crippen LogP contribution in [0.5, 0.6) is 11.6 Å². The molecule has 12 heteroatoms. The second kappa shape index (κ2) is 11.5. The Kier molecular flexibility index (Phi) is 8.80. The summed E-state index contributed by atoms with van der Waals surface area (Å²) in [6.07, 6.45) is 3.94. The summed E-state index contributed by atoms with van der Waals surface area (Å²) >= 11 is 5.96. The molecule has 37 heavy (non-hydrogen) atoms. The predicted octanol–water partition coefficient (Wildman–Crippen LogP) is 5.30. The number of nitrogens with one attached hydrogen (secondary N) is 1. The number of aromatic hydroxyl groups is 1. The van der Waals surface area contributed by atoms with Crippen LogP contribution in [0.2, 0.25) is 5.02 Å². The number of ether oxygens (including phenoxy) is 1. The number of hydrogen-bond donors (Lipinski definition) is 2. The maximum absolute atomic E-state index is 14.1. The van der Waals surface area contributed by atoms with Crippen molar-refractivity contribution in [3.8, 4) is 22.8 Å². The molecule has 0 amide bonds. The van der Waals surface area contributed by atoms with Crippen LogP contribution in [0.4, 0.5) is 15.8 Å². The summed E-state index contributed by atoms with van der Waals surface area (Å²) in [5.41, 5.74) is 2.33. The van der Waals surface area contributed by atoms with Crippen molar-refractivity contribution < 1.29 is 22.7 Å². The third-order valence-corrected chi connectivity index (χ3v) is 6.77. The van der Waals surface area contributed by atoms with Gasteiger partial charge in [-0.1, -0.05) is 17.7 Å². The Hall–Kier alpha value is -3.18. The molecule has 0 radical (unpaired) electrons. The number of hydrogen-bond acceptors (Lipinski definition) is 8. The van der Waals surface area contributed by atoms with Crippen LogP contribution in [-0.4, -0.2) is 61.9 Å². The number of phenolic OH excluding ortho intramolecular Hbond substituents is 1. The van der Waals surface area contributed by atoms with Crippen LogP contribution in [0.15, 0.2) is 59.8 Å². The van der Waals surface area contributed by atoms with Crippen LogP contribution in [0, 0.1) is 5.82 Å². The van der Waals surface area contributed by atoms with Crippen molar-refractivity contribution in [1.29, 1.82) is 0 Å². The van der Waals surface area contributed by atoms with E-state index in [0.29, 0.717) is 45.9 Å². The van der Waals surface area contributed by atoms with Gasteiger partial charge in [0.05, 0.1) is 28.1 Å². The van der Waals surface area contributed by atoms with E-state index in [2.05, 4.69) is 15.3 Å². The van der Waals surface area contributed by atoms with Gasteiger partial charge in [0.2, 0.25) is 5.88 Å². The minimum atomic E-state index is -3.66. The van der Waals surface area contributed by atoms with Gasteiger partial charge in [-0.25, -0.2) is 17.8 Å². The predicted molar refractivity (Wildman–Crippen MR) is 146 cm³/mol. The maximum atomic E-state index is 14.1.